The first-order chi connectivity index (χ1) is 9.28. The van der Waals surface area contributed by atoms with Crippen LogP contribution in [0.2, 0.25) is 0 Å². The summed E-state index contributed by atoms with van der Waals surface area (Å²) in [4.78, 5) is 4.56. The molecule has 0 aliphatic rings. The summed E-state index contributed by atoms with van der Waals surface area (Å²) in [6, 6.07) is 5.86. The zero-order chi connectivity index (χ0) is 13.2. The predicted molar refractivity (Wildman–Crippen MR) is 73.2 cm³/mol. The number of methoxy groups -OCH3 is 1. The summed E-state index contributed by atoms with van der Waals surface area (Å²) >= 11 is 1.63. The molecule has 2 aromatic heterocycles. The normalized spacial score (nSPS) is 11.1. The zero-order valence-electron chi connectivity index (χ0n) is 10.4. The molecule has 2 N–H and O–H groups in total. The largest absolute Gasteiger partial charge is 0.497 e. The third-order valence-corrected chi connectivity index (χ3v) is 3.74. The van der Waals surface area contributed by atoms with Crippen molar-refractivity contribution < 1.29 is 4.74 Å². The van der Waals surface area contributed by atoms with Gasteiger partial charge in [0, 0.05) is 6.54 Å². The topological polar surface area (TPSA) is 78.9 Å². The molecular weight excluding hydrogens is 262 g/mol. The lowest BCUT2D eigenvalue weighted by Gasteiger charge is -1.96. The van der Waals surface area contributed by atoms with Crippen LogP contribution in [0, 0.1) is 0 Å². The van der Waals surface area contributed by atoms with E-state index in [9.17, 15) is 0 Å². The van der Waals surface area contributed by atoms with Crippen LogP contribution in [-0.2, 0) is 13.1 Å². The number of rotatable bonds is 4. The fourth-order valence-corrected chi connectivity index (χ4v) is 2.78. The Kier molecular flexibility index (Phi) is 3.14. The molecule has 0 spiro atoms. The van der Waals surface area contributed by atoms with Gasteiger partial charge in [0.05, 0.1) is 35.8 Å². The van der Waals surface area contributed by atoms with Gasteiger partial charge in [-0.25, -0.2) is 9.67 Å². The molecule has 0 aliphatic heterocycles. The highest BCUT2D eigenvalue weighted by molar-refractivity contribution is 7.18. The van der Waals surface area contributed by atoms with Crippen LogP contribution in [-0.4, -0.2) is 27.1 Å². The number of fused-ring (bicyclic) bond motifs is 1. The Balaban J connectivity index is 1.88. The first kappa shape index (κ1) is 12.1. The molecule has 0 saturated heterocycles. The molecule has 0 saturated carbocycles. The molecule has 2 heterocycles. The summed E-state index contributed by atoms with van der Waals surface area (Å²) < 4.78 is 8.06. The second-order valence-electron chi connectivity index (χ2n) is 4.05. The molecule has 98 valence electrons. The minimum Gasteiger partial charge on any atom is -0.497 e. The Morgan fingerprint density at radius 2 is 2.32 bits per heavy atom. The summed E-state index contributed by atoms with van der Waals surface area (Å²) in [5.41, 5.74) is 7.26. The van der Waals surface area contributed by atoms with Crippen molar-refractivity contribution in [2.75, 3.05) is 7.11 Å². The van der Waals surface area contributed by atoms with Crippen LogP contribution >= 0.6 is 11.3 Å². The van der Waals surface area contributed by atoms with Crippen LogP contribution in [0.4, 0.5) is 0 Å². The number of aromatic nitrogens is 4. The molecule has 19 heavy (non-hydrogen) atoms. The van der Waals surface area contributed by atoms with Gasteiger partial charge in [-0.1, -0.05) is 5.21 Å². The summed E-state index contributed by atoms with van der Waals surface area (Å²) in [5.74, 6) is 0.842. The second kappa shape index (κ2) is 4.94. The monoisotopic (exact) mass is 275 g/mol. The summed E-state index contributed by atoms with van der Waals surface area (Å²) in [6.45, 7) is 1.01. The van der Waals surface area contributed by atoms with Crippen LogP contribution in [0.15, 0.2) is 24.4 Å². The van der Waals surface area contributed by atoms with E-state index in [0.29, 0.717) is 13.1 Å². The van der Waals surface area contributed by atoms with Gasteiger partial charge in [0.25, 0.3) is 0 Å². The third kappa shape index (κ3) is 2.42. The van der Waals surface area contributed by atoms with E-state index in [1.807, 2.05) is 24.4 Å². The molecule has 1 aromatic carbocycles. The minimum absolute atomic E-state index is 0.400. The van der Waals surface area contributed by atoms with Gasteiger partial charge in [0.2, 0.25) is 0 Å². The molecule has 0 bridgehead atoms. The van der Waals surface area contributed by atoms with E-state index in [-0.39, 0.29) is 0 Å². The molecule has 3 rings (SSSR count). The van der Waals surface area contributed by atoms with Crippen molar-refractivity contribution in [2.24, 2.45) is 5.73 Å². The summed E-state index contributed by atoms with van der Waals surface area (Å²) in [5, 5.41) is 8.95. The second-order valence-corrected chi connectivity index (χ2v) is 5.17. The smallest absolute Gasteiger partial charge is 0.120 e. The van der Waals surface area contributed by atoms with E-state index >= 15 is 0 Å². The first-order valence-corrected chi connectivity index (χ1v) is 6.62. The molecular formula is C12H13N5OS. The van der Waals surface area contributed by atoms with Crippen molar-refractivity contribution in [1.82, 2.24) is 20.0 Å². The number of thiazole rings is 1. The molecule has 0 amide bonds. The number of hydrogen-bond acceptors (Lipinski definition) is 6. The third-order valence-electron chi connectivity index (χ3n) is 2.73. The lowest BCUT2D eigenvalue weighted by Crippen LogP contribution is -1.99. The summed E-state index contributed by atoms with van der Waals surface area (Å²) in [6.07, 6.45) is 1.84. The van der Waals surface area contributed by atoms with E-state index in [4.69, 9.17) is 10.5 Å². The lowest BCUT2D eigenvalue weighted by molar-refractivity contribution is 0.415. The highest BCUT2D eigenvalue weighted by atomic mass is 32.1. The van der Waals surface area contributed by atoms with Gasteiger partial charge < -0.3 is 10.5 Å². The first-order valence-electron chi connectivity index (χ1n) is 5.81. The molecule has 0 unspecified atom stereocenters. The fourth-order valence-electron chi connectivity index (χ4n) is 1.80. The van der Waals surface area contributed by atoms with Crippen LogP contribution in [0.1, 0.15) is 10.7 Å². The highest BCUT2D eigenvalue weighted by Crippen LogP contribution is 2.26. The van der Waals surface area contributed by atoms with Gasteiger partial charge in [0.15, 0.2) is 0 Å². The van der Waals surface area contributed by atoms with E-state index in [0.717, 1.165) is 26.7 Å². The number of benzene rings is 1. The van der Waals surface area contributed by atoms with E-state index in [1.165, 1.54) is 0 Å². The number of hydrogen-bond donors (Lipinski definition) is 1. The maximum atomic E-state index is 5.51. The minimum atomic E-state index is 0.400. The quantitative estimate of drug-likeness (QED) is 0.778. The van der Waals surface area contributed by atoms with Crippen molar-refractivity contribution in [3.8, 4) is 5.75 Å². The van der Waals surface area contributed by atoms with Crippen molar-refractivity contribution >= 4 is 21.6 Å². The maximum Gasteiger partial charge on any atom is 0.120 e. The van der Waals surface area contributed by atoms with Gasteiger partial charge in [-0.15, -0.1) is 16.4 Å². The Labute approximate surface area is 113 Å². The van der Waals surface area contributed by atoms with Crippen LogP contribution < -0.4 is 10.5 Å². The molecule has 6 nitrogen and oxygen atoms in total. The van der Waals surface area contributed by atoms with Gasteiger partial charge in [-0.05, 0) is 18.2 Å². The number of ether oxygens (including phenoxy) is 1. The van der Waals surface area contributed by atoms with Crippen molar-refractivity contribution in [2.45, 2.75) is 13.1 Å². The molecule has 0 fully saturated rings. The Bertz CT molecular complexity index is 705. The maximum absolute atomic E-state index is 5.51. The van der Waals surface area contributed by atoms with Crippen molar-refractivity contribution in [3.63, 3.8) is 0 Å². The average molecular weight is 275 g/mol. The zero-order valence-corrected chi connectivity index (χ0v) is 11.2. The SMILES string of the molecule is COc1ccc2nc(Cn3cc(CN)nn3)sc2c1. The number of nitrogens with two attached hydrogens (primary N) is 1. The number of nitrogens with zero attached hydrogens (tertiary/aromatic N) is 4. The van der Waals surface area contributed by atoms with Gasteiger partial charge in [-0.2, -0.15) is 0 Å². The Morgan fingerprint density at radius 1 is 1.42 bits per heavy atom. The molecule has 7 heteroatoms. The van der Waals surface area contributed by atoms with Crippen molar-refractivity contribution in [1.29, 1.82) is 0 Å². The van der Waals surface area contributed by atoms with E-state index in [2.05, 4.69) is 15.3 Å². The molecule has 3 aromatic rings. The van der Waals surface area contributed by atoms with Crippen LogP contribution in [0.25, 0.3) is 10.2 Å². The van der Waals surface area contributed by atoms with Gasteiger partial charge in [-0.3, -0.25) is 0 Å². The van der Waals surface area contributed by atoms with E-state index < -0.39 is 0 Å². The average Bonchev–Trinajstić information content (AvgIpc) is 3.03. The Hall–Kier alpha value is -1.99. The van der Waals surface area contributed by atoms with Crippen LogP contribution in [0.3, 0.4) is 0 Å². The molecule has 0 atom stereocenters. The van der Waals surface area contributed by atoms with Gasteiger partial charge >= 0.3 is 0 Å². The Morgan fingerprint density at radius 3 is 3.05 bits per heavy atom. The van der Waals surface area contributed by atoms with Gasteiger partial charge in [0.1, 0.15) is 10.8 Å². The summed E-state index contributed by atoms with van der Waals surface area (Å²) in [7, 11) is 1.66. The highest BCUT2D eigenvalue weighted by Gasteiger charge is 2.07. The predicted octanol–water partition coefficient (Wildman–Crippen LogP) is 1.40. The fraction of sp³-hybridized carbons (Fsp3) is 0.250. The standard InChI is InChI=1S/C12H13N5OS/c1-18-9-2-3-10-11(4-9)19-12(14-10)7-17-6-8(5-13)15-16-17/h2-4,6H,5,7,13H2,1H3. The lowest BCUT2D eigenvalue weighted by atomic mass is 10.3. The van der Waals surface area contributed by atoms with Crippen LogP contribution in [0.5, 0.6) is 5.75 Å². The molecule has 0 radical (unpaired) electrons. The van der Waals surface area contributed by atoms with Crippen molar-refractivity contribution in [3.05, 3.63) is 35.1 Å². The molecule has 0 aliphatic carbocycles. The van der Waals surface area contributed by atoms with E-state index in [1.54, 1.807) is 23.1 Å².